The van der Waals surface area contributed by atoms with Gasteiger partial charge in [0.15, 0.2) is 18.9 Å². The van der Waals surface area contributed by atoms with Crippen LogP contribution in [0.5, 0.6) is 0 Å². The Hall–Kier alpha value is -4.59. The Balaban J connectivity index is 1.40. The van der Waals surface area contributed by atoms with Gasteiger partial charge in [-0.2, -0.15) is 0 Å². The monoisotopic (exact) mass is 1280 g/mol. The Bertz CT molecular complexity index is 2270. The van der Waals surface area contributed by atoms with E-state index in [1.54, 1.807) is 12.2 Å². The number of hydrogen-bond donors (Lipinski definition) is 12. The number of aliphatic hydroxyl groups is 11. The van der Waals surface area contributed by atoms with Crippen molar-refractivity contribution < 1.29 is 89.4 Å². The Morgan fingerprint density at radius 2 is 0.769 bits per heavy atom. The van der Waals surface area contributed by atoms with Crippen molar-refractivity contribution >= 4 is 5.91 Å². The van der Waals surface area contributed by atoms with E-state index in [1.807, 2.05) is 0 Å². The van der Waals surface area contributed by atoms with Crippen molar-refractivity contribution in [2.24, 2.45) is 0 Å². The second kappa shape index (κ2) is 51.8. The van der Waals surface area contributed by atoms with Crippen LogP contribution in [0.4, 0.5) is 0 Å². The summed E-state index contributed by atoms with van der Waals surface area (Å²) >= 11 is 0. The van der Waals surface area contributed by atoms with E-state index < -0.39 is 131 Å². The van der Waals surface area contributed by atoms with Gasteiger partial charge in [-0.1, -0.05) is 191 Å². The van der Waals surface area contributed by atoms with E-state index in [0.29, 0.717) is 12.8 Å². The van der Waals surface area contributed by atoms with Gasteiger partial charge in [0, 0.05) is 6.42 Å². The first-order valence-corrected chi connectivity index (χ1v) is 33.2. The molecule has 0 aliphatic carbocycles. The van der Waals surface area contributed by atoms with Gasteiger partial charge in [0.05, 0.1) is 38.6 Å². The van der Waals surface area contributed by atoms with Crippen LogP contribution in [0.25, 0.3) is 0 Å². The van der Waals surface area contributed by atoms with E-state index in [-0.39, 0.29) is 12.3 Å². The number of nitrogens with one attached hydrogen (secondary N) is 1. The number of unbranched alkanes of at least 4 members (excludes halogenated alkanes) is 7. The van der Waals surface area contributed by atoms with Crippen molar-refractivity contribution in [3.05, 3.63) is 158 Å². The highest BCUT2D eigenvalue weighted by Crippen LogP contribution is 2.33. The molecule has 19 nitrogen and oxygen atoms in total. The van der Waals surface area contributed by atoms with Crippen molar-refractivity contribution in [2.75, 3.05) is 26.4 Å². The molecule has 0 saturated carbocycles. The van der Waals surface area contributed by atoms with Crippen molar-refractivity contribution in [1.82, 2.24) is 5.32 Å². The first-order valence-electron chi connectivity index (χ1n) is 33.2. The van der Waals surface area contributed by atoms with Crippen LogP contribution in [0.2, 0.25) is 0 Å². The number of rotatable bonds is 47. The lowest BCUT2D eigenvalue weighted by atomic mass is 9.96. The molecular weight excluding hydrogens is 1170 g/mol. The average molecular weight is 1280 g/mol. The lowest BCUT2D eigenvalue weighted by molar-refractivity contribution is -0.379. The number of amides is 1. The molecule has 12 N–H and O–H groups in total. The van der Waals surface area contributed by atoms with Gasteiger partial charge in [-0.25, -0.2) is 0 Å². The first kappa shape index (κ1) is 80.6. The fourth-order valence-electron chi connectivity index (χ4n) is 9.90. The maximum absolute atomic E-state index is 13.3. The Morgan fingerprint density at radius 3 is 1.21 bits per heavy atom. The van der Waals surface area contributed by atoms with E-state index in [0.717, 1.165) is 122 Å². The highest BCUT2D eigenvalue weighted by Gasteiger charge is 2.53. The van der Waals surface area contributed by atoms with Crippen LogP contribution >= 0.6 is 0 Å². The quantitative estimate of drug-likeness (QED) is 0.0202. The average Bonchev–Trinajstić information content (AvgIpc) is 1.05. The molecule has 19 heteroatoms. The summed E-state index contributed by atoms with van der Waals surface area (Å²) in [5.74, 6) is -0.325. The zero-order valence-electron chi connectivity index (χ0n) is 54.0. The molecule has 17 unspecified atom stereocenters. The molecule has 3 heterocycles. The van der Waals surface area contributed by atoms with Crippen LogP contribution in [0, 0.1) is 0 Å². The Labute approximate surface area is 542 Å². The van der Waals surface area contributed by atoms with Crippen molar-refractivity contribution in [3.8, 4) is 0 Å². The zero-order valence-corrected chi connectivity index (χ0v) is 54.0. The number of carbonyl (C=O) groups excluding carboxylic acids is 1. The first-order chi connectivity index (χ1) is 44.3. The molecule has 0 aromatic rings. The summed E-state index contributed by atoms with van der Waals surface area (Å²) in [6, 6.07) is -1.02. The van der Waals surface area contributed by atoms with E-state index >= 15 is 0 Å². The molecule has 17 atom stereocenters. The largest absolute Gasteiger partial charge is 0.394 e. The van der Waals surface area contributed by atoms with Gasteiger partial charge in [0.2, 0.25) is 5.91 Å². The molecule has 0 aromatic heterocycles. The molecule has 0 spiro atoms. The molecule has 3 fully saturated rings. The number of hydrogen-bond acceptors (Lipinski definition) is 18. The summed E-state index contributed by atoms with van der Waals surface area (Å²) in [6.45, 7) is 1.44. The maximum atomic E-state index is 13.3. The van der Waals surface area contributed by atoms with E-state index in [1.165, 1.54) is 0 Å². The summed E-state index contributed by atoms with van der Waals surface area (Å²) in [6.07, 6.45) is 48.2. The van der Waals surface area contributed by atoms with Crippen LogP contribution in [-0.2, 0) is 33.2 Å². The fraction of sp³-hybridized carbons (Fsp3) is 0.625. The van der Waals surface area contributed by atoms with Crippen LogP contribution in [0.15, 0.2) is 158 Å². The molecule has 0 aromatic carbocycles. The van der Waals surface area contributed by atoms with E-state index in [4.69, 9.17) is 28.4 Å². The summed E-state index contributed by atoms with van der Waals surface area (Å²) in [5, 5.41) is 120. The molecule has 91 heavy (non-hydrogen) atoms. The predicted molar refractivity (Wildman–Crippen MR) is 355 cm³/mol. The van der Waals surface area contributed by atoms with Gasteiger partial charge in [-0.05, 0) is 116 Å². The third kappa shape index (κ3) is 33.9. The second-order valence-corrected chi connectivity index (χ2v) is 22.8. The predicted octanol–water partition coefficient (Wildman–Crippen LogP) is 8.15. The van der Waals surface area contributed by atoms with E-state index in [2.05, 4.69) is 165 Å². The SMILES string of the molecule is CC/C=C\C/C=C\C/C=C\C/C=C\C/C=C\C/C=C\C/C=C\C/C=C\C/C=C\C/C=C\CCCCCCC(=O)NC(COC1OC(CO)C(OC2OC(CO)C(OC3OC(CO)C(O)C(O)C3O)C(O)C2O)C(O)C1O)C(O)/C=C/CC/C=C/CC/C=C/CCC. The molecule has 3 rings (SSSR count). The highest BCUT2D eigenvalue weighted by atomic mass is 16.8. The third-order valence-electron chi connectivity index (χ3n) is 15.3. The molecule has 1 amide bonds. The van der Waals surface area contributed by atoms with Crippen molar-refractivity contribution in [2.45, 2.75) is 259 Å². The lowest BCUT2D eigenvalue weighted by Gasteiger charge is -2.48. The number of carbonyl (C=O) groups is 1. The Morgan fingerprint density at radius 1 is 0.407 bits per heavy atom. The summed E-state index contributed by atoms with van der Waals surface area (Å²) in [7, 11) is 0. The minimum Gasteiger partial charge on any atom is -0.394 e. The molecule has 3 aliphatic rings. The van der Waals surface area contributed by atoms with Crippen LogP contribution in [0.3, 0.4) is 0 Å². The van der Waals surface area contributed by atoms with Gasteiger partial charge in [0.25, 0.3) is 0 Å². The third-order valence-corrected chi connectivity index (χ3v) is 15.3. The number of allylic oxidation sites excluding steroid dienone is 25. The summed E-state index contributed by atoms with van der Waals surface area (Å²) < 4.78 is 34.2. The van der Waals surface area contributed by atoms with Gasteiger partial charge in [-0.15, -0.1) is 0 Å². The molecule has 3 saturated heterocycles. The molecule has 0 bridgehead atoms. The van der Waals surface area contributed by atoms with Gasteiger partial charge in [-0.3, -0.25) is 4.79 Å². The minimum absolute atomic E-state index is 0.190. The van der Waals surface area contributed by atoms with Gasteiger partial charge in [0.1, 0.15) is 73.2 Å². The fourth-order valence-corrected chi connectivity index (χ4v) is 9.90. The molecule has 0 radical (unpaired) electrons. The summed E-state index contributed by atoms with van der Waals surface area (Å²) in [4.78, 5) is 13.3. The molecule has 3 aliphatic heterocycles. The van der Waals surface area contributed by atoms with E-state index in [9.17, 15) is 61.0 Å². The van der Waals surface area contributed by atoms with Crippen LogP contribution in [-0.4, -0.2) is 193 Å². The summed E-state index contributed by atoms with van der Waals surface area (Å²) in [5.41, 5.74) is 0. The molecular formula is C72H113NO18. The topological polar surface area (TPSA) is 307 Å². The van der Waals surface area contributed by atoms with Gasteiger partial charge >= 0.3 is 0 Å². The maximum Gasteiger partial charge on any atom is 0.220 e. The number of ether oxygens (including phenoxy) is 6. The highest BCUT2D eigenvalue weighted by molar-refractivity contribution is 5.76. The smallest absolute Gasteiger partial charge is 0.220 e. The Kier molecular flexibility index (Phi) is 45.9. The van der Waals surface area contributed by atoms with Crippen molar-refractivity contribution in [1.29, 1.82) is 0 Å². The van der Waals surface area contributed by atoms with Crippen LogP contribution in [0.1, 0.15) is 155 Å². The standard InChI is InChI=1S/C72H113NO18/c1-3-5-7-9-11-13-15-16-17-18-19-20-21-22-23-24-25-26-27-28-29-30-31-32-33-34-35-36-37-38-40-42-44-46-48-50-60(78)73-55(56(77)49-47-45-43-41-39-14-12-10-8-6-4-2)54-86-70-66(84)63(81)68(58(52-75)88-70)91-72-67(85)64(82)69(59(53-76)89-72)90-71-65(83)62(80)61(79)57(51-74)87-71/h5,7-8,10-11,13,16-17,19-20,22-23,25-26,28-29,31-32,34-35,37-39,41,47,49,55-59,61-72,74-77,79-85H,3-4,6,9,12,14-15,18,21,24,27,30,33,36,40,42-46,48,50-54H2,1-2H3,(H,73,78)/b7-5-,10-8+,13-11-,17-16-,20-19-,23-22-,26-25-,29-28-,32-31-,35-34-,38-37-,41-39+,49-47+. The lowest BCUT2D eigenvalue weighted by Crippen LogP contribution is -2.66. The normalized spacial score (nSPS) is 28.9. The van der Waals surface area contributed by atoms with Crippen LogP contribution < -0.4 is 5.32 Å². The zero-order chi connectivity index (χ0) is 66.1. The second-order valence-electron chi connectivity index (χ2n) is 22.8. The number of aliphatic hydroxyl groups excluding tert-OH is 11. The van der Waals surface area contributed by atoms with Gasteiger partial charge < -0.3 is 89.9 Å². The molecule has 514 valence electrons. The minimum atomic E-state index is -1.99. The van der Waals surface area contributed by atoms with Crippen molar-refractivity contribution in [3.63, 3.8) is 0 Å².